The lowest BCUT2D eigenvalue weighted by Gasteiger charge is -2.07. The minimum absolute atomic E-state index is 0.0298. The molecule has 1 heterocycles. The second-order valence-electron chi connectivity index (χ2n) is 3.84. The van der Waals surface area contributed by atoms with Crippen LogP contribution in [0.3, 0.4) is 0 Å². The summed E-state index contributed by atoms with van der Waals surface area (Å²) < 4.78 is 10.6. The Morgan fingerprint density at radius 3 is 2.87 bits per heavy atom. The molecule has 0 aliphatic heterocycles. The van der Waals surface area contributed by atoms with E-state index in [1.54, 1.807) is 7.11 Å². The average Bonchev–Trinajstić information content (AvgIpc) is 2.67. The van der Waals surface area contributed by atoms with E-state index in [1.807, 2.05) is 12.1 Å². The van der Waals surface area contributed by atoms with Gasteiger partial charge in [-0.1, -0.05) is 26.2 Å². The molecule has 0 amide bonds. The monoisotopic (exact) mass is 211 g/mol. The zero-order valence-corrected chi connectivity index (χ0v) is 9.66. The molecule has 3 nitrogen and oxygen atoms in total. The van der Waals surface area contributed by atoms with E-state index in [0.29, 0.717) is 6.61 Å². The highest BCUT2D eigenvalue weighted by atomic mass is 16.5. The molecule has 86 valence electrons. The molecule has 0 saturated carbocycles. The number of hydrogen-bond acceptors (Lipinski definition) is 3. The standard InChI is InChI=1S/C12H21NO2/c1-3-4-5-6-11(13)12-8-7-10(15-12)9-14-2/h7-8,11H,3-6,9,13H2,1-2H3. The van der Waals surface area contributed by atoms with Crippen molar-refractivity contribution < 1.29 is 9.15 Å². The highest BCUT2D eigenvalue weighted by molar-refractivity contribution is 5.09. The second-order valence-corrected chi connectivity index (χ2v) is 3.84. The Morgan fingerprint density at radius 1 is 1.40 bits per heavy atom. The van der Waals surface area contributed by atoms with Gasteiger partial charge in [-0.3, -0.25) is 0 Å². The molecule has 15 heavy (non-hydrogen) atoms. The molecule has 0 radical (unpaired) electrons. The van der Waals surface area contributed by atoms with E-state index in [0.717, 1.165) is 24.4 Å². The molecule has 1 aromatic heterocycles. The van der Waals surface area contributed by atoms with Crippen LogP contribution >= 0.6 is 0 Å². The van der Waals surface area contributed by atoms with Crippen LogP contribution in [0.1, 0.15) is 50.2 Å². The fourth-order valence-electron chi connectivity index (χ4n) is 1.57. The van der Waals surface area contributed by atoms with Gasteiger partial charge in [-0.15, -0.1) is 0 Å². The zero-order valence-electron chi connectivity index (χ0n) is 9.66. The van der Waals surface area contributed by atoms with Crippen molar-refractivity contribution >= 4 is 0 Å². The number of ether oxygens (including phenoxy) is 1. The van der Waals surface area contributed by atoms with Crippen LogP contribution in [0.4, 0.5) is 0 Å². The van der Waals surface area contributed by atoms with Gasteiger partial charge >= 0.3 is 0 Å². The lowest BCUT2D eigenvalue weighted by molar-refractivity contribution is 0.161. The molecule has 3 heteroatoms. The molecule has 0 aliphatic rings. The van der Waals surface area contributed by atoms with Gasteiger partial charge in [-0.2, -0.15) is 0 Å². The zero-order chi connectivity index (χ0) is 11.1. The minimum atomic E-state index is 0.0298. The summed E-state index contributed by atoms with van der Waals surface area (Å²) in [7, 11) is 1.66. The Balaban J connectivity index is 2.39. The normalized spacial score (nSPS) is 13.0. The molecule has 0 aliphatic carbocycles. The maximum Gasteiger partial charge on any atom is 0.129 e. The van der Waals surface area contributed by atoms with E-state index >= 15 is 0 Å². The van der Waals surface area contributed by atoms with Crippen LogP contribution in [0.5, 0.6) is 0 Å². The molecular formula is C12H21NO2. The van der Waals surface area contributed by atoms with E-state index in [2.05, 4.69) is 6.92 Å². The SMILES string of the molecule is CCCCCC(N)c1ccc(COC)o1. The Hall–Kier alpha value is -0.800. The predicted molar refractivity (Wildman–Crippen MR) is 60.5 cm³/mol. The van der Waals surface area contributed by atoms with Crippen molar-refractivity contribution in [1.29, 1.82) is 0 Å². The average molecular weight is 211 g/mol. The topological polar surface area (TPSA) is 48.4 Å². The van der Waals surface area contributed by atoms with Gasteiger partial charge in [0.2, 0.25) is 0 Å². The highest BCUT2D eigenvalue weighted by Crippen LogP contribution is 2.20. The maximum absolute atomic E-state index is 6.01. The Kier molecular flexibility index (Phi) is 5.43. The fourth-order valence-corrected chi connectivity index (χ4v) is 1.57. The van der Waals surface area contributed by atoms with Crippen LogP contribution in [0, 0.1) is 0 Å². The lowest BCUT2D eigenvalue weighted by Crippen LogP contribution is -2.08. The van der Waals surface area contributed by atoms with E-state index in [1.165, 1.54) is 12.8 Å². The Bertz CT molecular complexity index is 270. The third kappa shape index (κ3) is 4.06. The van der Waals surface area contributed by atoms with Crippen molar-refractivity contribution in [3.63, 3.8) is 0 Å². The number of nitrogens with two attached hydrogens (primary N) is 1. The molecule has 1 rings (SSSR count). The van der Waals surface area contributed by atoms with Crippen molar-refractivity contribution in [1.82, 2.24) is 0 Å². The van der Waals surface area contributed by atoms with E-state index in [-0.39, 0.29) is 6.04 Å². The first-order valence-electron chi connectivity index (χ1n) is 5.61. The van der Waals surface area contributed by atoms with Gasteiger partial charge in [0.25, 0.3) is 0 Å². The first kappa shape index (κ1) is 12.3. The summed E-state index contributed by atoms with van der Waals surface area (Å²) in [6.45, 7) is 2.71. The van der Waals surface area contributed by atoms with Crippen LogP contribution in [-0.2, 0) is 11.3 Å². The van der Waals surface area contributed by atoms with Crippen LogP contribution in [0.2, 0.25) is 0 Å². The van der Waals surface area contributed by atoms with Gasteiger partial charge in [0.05, 0.1) is 6.04 Å². The summed E-state index contributed by atoms with van der Waals surface area (Å²) in [5.41, 5.74) is 6.01. The first-order valence-corrected chi connectivity index (χ1v) is 5.61. The number of furan rings is 1. The molecule has 0 spiro atoms. The van der Waals surface area contributed by atoms with Gasteiger partial charge in [0, 0.05) is 7.11 Å². The van der Waals surface area contributed by atoms with Gasteiger partial charge < -0.3 is 14.9 Å². The number of rotatable bonds is 7. The molecule has 0 bridgehead atoms. The predicted octanol–water partition coefficient (Wildman–Crippen LogP) is 3.01. The van der Waals surface area contributed by atoms with Gasteiger partial charge in [0.1, 0.15) is 18.1 Å². The number of methoxy groups -OCH3 is 1. The van der Waals surface area contributed by atoms with E-state index < -0.39 is 0 Å². The summed E-state index contributed by atoms with van der Waals surface area (Å²) in [5, 5.41) is 0. The van der Waals surface area contributed by atoms with Gasteiger partial charge in [-0.05, 0) is 18.6 Å². The Labute approximate surface area is 91.6 Å². The van der Waals surface area contributed by atoms with E-state index in [4.69, 9.17) is 14.9 Å². The molecule has 1 atom stereocenters. The summed E-state index contributed by atoms with van der Waals surface area (Å²) in [6.07, 6.45) is 4.62. The summed E-state index contributed by atoms with van der Waals surface area (Å²) in [5.74, 6) is 1.72. The molecule has 1 unspecified atom stereocenters. The third-order valence-electron chi connectivity index (χ3n) is 2.45. The number of unbranched alkanes of at least 4 members (excludes halogenated alkanes) is 2. The van der Waals surface area contributed by atoms with Crippen LogP contribution < -0.4 is 5.73 Å². The lowest BCUT2D eigenvalue weighted by atomic mass is 10.1. The van der Waals surface area contributed by atoms with Crippen molar-refractivity contribution in [2.24, 2.45) is 5.73 Å². The molecule has 0 saturated heterocycles. The third-order valence-corrected chi connectivity index (χ3v) is 2.45. The molecule has 2 N–H and O–H groups in total. The summed E-state index contributed by atoms with van der Waals surface area (Å²) >= 11 is 0. The first-order chi connectivity index (χ1) is 7.27. The molecule has 0 aromatic carbocycles. The van der Waals surface area contributed by atoms with Crippen molar-refractivity contribution in [2.75, 3.05) is 7.11 Å². The smallest absolute Gasteiger partial charge is 0.129 e. The summed E-state index contributed by atoms with van der Waals surface area (Å²) in [6, 6.07) is 3.91. The minimum Gasteiger partial charge on any atom is -0.462 e. The van der Waals surface area contributed by atoms with Crippen molar-refractivity contribution in [3.05, 3.63) is 23.7 Å². The van der Waals surface area contributed by atoms with Gasteiger partial charge in [-0.25, -0.2) is 0 Å². The quantitative estimate of drug-likeness (QED) is 0.705. The van der Waals surface area contributed by atoms with Crippen LogP contribution in [0.25, 0.3) is 0 Å². The largest absolute Gasteiger partial charge is 0.462 e. The second kappa shape index (κ2) is 6.64. The highest BCUT2D eigenvalue weighted by Gasteiger charge is 2.10. The molecule has 1 aromatic rings. The van der Waals surface area contributed by atoms with Gasteiger partial charge in [0.15, 0.2) is 0 Å². The Morgan fingerprint density at radius 2 is 2.20 bits per heavy atom. The molecule has 0 fully saturated rings. The number of hydrogen-bond donors (Lipinski definition) is 1. The van der Waals surface area contributed by atoms with E-state index in [9.17, 15) is 0 Å². The fraction of sp³-hybridized carbons (Fsp3) is 0.667. The van der Waals surface area contributed by atoms with Crippen molar-refractivity contribution in [3.8, 4) is 0 Å². The maximum atomic E-state index is 6.01. The van der Waals surface area contributed by atoms with Crippen molar-refractivity contribution in [2.45, 2.75) is 45.3 Å². The van der Waals surface area contributed by atoms with Crippen LogP contribution in [0.15, 0.2) is 16.5 Å². The summed E-state index contributed by atoms with van der Waals surface area (Å²) in [4.78, 5) is 0. The molecular weight excluding hydrogens is 190 g/mol. The van der Waals surface area contributed by atoms with Crippen LogP contribution in [-0.4, -0.2) is 7.11 Å².